The summed E-state index contributed by atoms with van der Waals surface area (Å²) in [5.41, 5.74) is 1.81. The van der Waals surface area contributed by atoms with Crippen molar-refractivity contribution in [1.82, 2.24) is 9.71 Å². The Hall–Kier alpha value is -3.10. The van der Waals surface area contributed by atoms with E-state index in [1.807, 2.05) is 4.90 Å². The number of nitrogens with zero attached hydrogens (tertiary/aromatic N) is 2. The van der Waals surface area contributed by atoms with Gasteiger partial charge in [-0.15, -0.1) is 0 Å². The molecule has 2 aromatic rings. The number of halogens is 3. The maximum atomic E-state index is 13.3. The van der Waals surface area contributed by atoms with Crippen molar-refractivity contribution in [2.24, 2.45) is 5.41 Å². The zero-order chi connectivity index (χ0) is 28.5. The molecule has 5 rings (SSSR count). The minimum absolute atomic E-state index is 0.00573. The van der Waals surface area contributed by atoms with Crippen molar-refractivity contribution < 1.29 is 41.0 Å². The normalized spacial score (nSPS) is 17.9. The van der Waals surface area contributed by atoms with Crippen LogP contribution in [0.3, 0.4) is 0 Å². The van der Waals surface area contributed by atoms with Gasteiger partial charge in [-0.1, -0.05) is 0 Å². The number of carbonyl (C=O) groups is 1. The van der Waals surface area contributed by atoms with E-state index in [4.69, 9.17) is 14.6 Å². The van der Waals surface area contributed by atoms with Crippen LogP contribution in [0.15, 0.2) is 29.2 Å². The van der Waals surface area contributed by atoms with Gasteiger partial charge >= 0.3 is 6.18 Å². The Morgan fingerprint density at radius 3 is 2.60 bits per heavy atom. The Labute approximate surface area is 229 Å². The highest BCUT2D eigenvalue weighted by molar-refractivity contribution is 7.89. The van der Waals surface area contributed by atoms with E-state index in [0.717, 1.165) is 12.8 Å². The quantitative estimate of drug-likeness (QED) is 0.388. The fourth-order valence-electron chi connectivity index (χ4n) is 5.04. The standard InChI is InChI=1S/C26H31F3N4O6S/c27-26(28,29)8-14-39-24-22-17(3-13-38-22)15-20(32-24)23(35)31-19-2-1-18(40(36,37)30-9-12-34)16-21(19)33-10-6-25(4-5-25)7-11-33/h1-2,15-16,30,34H,3-14H2,(H,31,35). The van der Waals surface area contributed by atoms with Crippen LogP contribution in [0.4, 0.5) is 24.5 Å². The molecule has 1 aliphatic carbocycles. The molecule has 1 amide bonds. The van der Waals surface area contributed by atoms with Crippen molar-refractivity contribution in [3.63, 3.8) is 0 Å². The van der Waals surface area contributed by atoms with Gasteiger partial charge in [-0.3, -0.25) is 4.79 Å². The second kappa shape index (κ2) is 11.1. The number of hydrogen-bond acceptors (Lipinski definition) is 8. The number of benzene rings is 1. The number of alkyl halides is 3. The van der Waals surface area contributed by atoms with Gasteiger partial charge in [-0.05, 0) is 55.4 Å². The largest absolute Gasteiger partial charge is 0.487 e. The van der Waals surface area contributed by atoms with E-state index in [2.05, 4.69) is 15.0 Å². The lowest BCUT2D eigenvalue weighted by Crippen LogP contribution is -2.35. The average molecular weight is 585 g/mol. The molecule has 40 heavy (non-hydrogen) atoms. The number of amides is 1. The maximum absolute atomic E-state index is 13.3. The highest BCUT2D eigenvalue weighted by atomic mass is 32.2. The molecular formula is C26H31F3N4O6S. The van der Waals surface area contributed by atoms with Gasteiger partial charge in [0.1, 0.15) is 5.69 Å². The number of anilines is 2. The topological polar surface area (TPSA) is 130 Å². The molecule has 0 unspecified atom stereocenters. The van der Waals surface area contributed by atoms with E-state index >= 15 is 0 Å². The van der Waals surface area contributed by atoms with Crippen LogP contribution >= 0.6 is 0 Å². The van der Waals surface area contributed by atoms with E-state index in [1.165, 1.54) is 37.1 Å². The summed E-state index contributed by atoms with van der Waals surface area (Å²) in [6.07, 6.45) is -0.840. The first kappa shape index (κ1) is 28.4. The number of aliphatic hydroxyl groups excluding tert-OH is 1. The zero-order valence-electron chi connectivity index (χ0n) is 21.7. The van der Waals surface area contributed by atoms with Gasteiger partial charge in [0.05, 0.1) is 42.5 Å². The summed E-state index contributed by atoms with van der Waals surface area (Å²) in [7, 11) is -3.90. The lowest BCUT2D eigenvalue weighted by atomic mass is 9.93. The molecule has 10 nitrogen and oxygen atoms in total. The van der Waals surface area contributed by atoms with Crippen LogP contribution in [-0.4, -0.2) is 70.0 Å². The number of fused-ring (bicyclic) bond motifs is 1. The van der Waals surface area contributed by atoms with Gasteiger partial charge in [-0.2, -0.15) is 13.2 Å². The number of hydrogen-bond donors (Lipinski definition) is 3. The number of nitrogens with one attached hydrogen (secondary N) is 2. The Kier molecular flexibility index (Phi) is 7.86. The molecule has 1 aromatic heterocycles. The first-order valence-corrected chi connectivity index (χ1v) is 14.6. The van der Waals surface area contributed by atoms with Crippen LogP contribution in [0.25, 0.3) is 0 Å². The minimum atomic E-state index is -4.41. The Morgan fingerprint density at radius 2 is 1.93 bits per heavy atom. The molecule has 3 N–H and O–H groups in total. The van der Waals surface area contributed by atoms with E-state index in [-0.39, 0.29) is 35.4 Å². The number of pyridine rings is 1. The fourth-order valence-corrected chi connectivity index (χ4v) is 6.08. The van der Waals surface area contributed by atoms with Crippen molar-refractivity contribution in [3.05, 3.63) is 35.5 Å². The first-order valence-electron chi connectivity index (χ1n) is 13.2. The van der Waals surface area contributed by atoms with Crippen molar-refractivity contribution in [1.29, 1.82) is 0 Å². The number of rotatable bonds is 10. The summed E-state index contributed by atoms with van der Waals surface area (Å²) in [6.45, 7) is 0.527. The minimum Gasteiger partial charge on any atom is -0.487 e. The van der Waals surface area contributed by atoms with Crippen LogP contribution in [0, 0.1) is 5.41 Å². The zero-order valence-corrected chi connectivity index (χ0v) is 22.5. The molecule has 218 valence electrons. The van der Waals surface area contributed by atoms with Crippen LogP contribution in [0.2, 0.25) is 0 Å². The highest BCUT2D eigenvalue weighted by Crippen LogP contribution is 2.54. The molecule has 0 atom stereocenters. The summed E-state index contributed by atoms with van der Waals surface area (Å²) in [4.78, 5) is 19.5. The predicted octanol–water partition coefficient (Wildman–Crippen LogP) is 3.25. The molecule has 3 aliphatic rings. The van der Waals surface area contributed by atoms with Crippen LogP contribution in [0.1, 0.15) is 48.2 Å². The second-order valence-electron chi connectivity index (χ2n) is 10.4. The van der Waals surface area contributed by atoms with Crippen molar-refractivity contribution >= 4 is 27.3 Å². The summed E-state index contributed by atoms with van der Waals surface area (Å²) in [5.74, 6) is -0.570. The molecule has 0 bridgehead atoms. The van der Waals surface area contributed by atoms with Gasteiger partial charge in [0, 0.05) is 31.6 Å². The monoisotopic (exact) mass is 584 g/mol. The second-order valence-corrected chi connectivity index (χ2v) is 12.1. The molecule has 1 spiro atoms. The number of aromatic nitrogens is 1. The van der Waals surface area contributed by atoms with E-state index in [0.29, 0.717) is 48.5 Å². The summed E-state index contributed by atoms with van der Waals surface area (Å²) < 4.78 is 76.5. The number of carbonyl (C=O) groups excluding carboxylic acids is 1. The van der Waals surface area contributed by atoms with Gasteiger partial charge in [0.15, 0.2) is 5.75 Å². The highest BCUT2D eigenvalue weighted by Gasteiger charge is 2.44. The number of sulfonamides is 1. The van der Waals surface area contributed by atoms with Gasteiger partial charge in [-0.25, -0.2) is 18.1 Å². The third kappa shape index (κ3) is 6.44. The lowest BCUT2D eigenvalue weighted by Gasteiger charge is -2.35. The number of aliphatic hydroxyl groups is 1. The maximum Gasteiger partial charge on any atom is 0.392 e. The van der Waals surface area contributed by atoms with Gasteiger partial charge in [0.25, 0.3) is 11.8 Å². The smallest absolute Gasteiger partial charge is 0.392 e. The van der Waals surface area contributed by atoms with Gasteiger partial charge < -0.3 is 24.8 Å². The van der Waals surface area contributed by atoms with Crippen molar-refractivity contribution in [2.75, 3.05) is 49.7 Å². The van der Waals surface area contributed by atoms with E-state index in [1.54, 1.807) is 0 Å². The lowest BCUT2D eigenvalue weighted by molar-refractivity contribution is -0.139. The SMILES string of the molecule is O=C(Nc1ccc(S(=O)(=O)NCCO)cc1N1CCC2(CC1)CC2)c1cc2c(c(OCCC(F)(F)F)n1)OCC2. The summed E-state index contributed by atoms with van der Waals surface area (Å²) >= 11 is 0. The Balaban J connectivity index is 1.41. The molecule has 1 saturated carbocycles. The molecule has 0 radical (unpaired) electrons. The molecule has 14 heteroatoms. The van der Waals surface area contributed by atoms with Crippen molar-refractivity contribution in [2.45, 2.75) is 49.6 Å². The molecule has 3 heterocycles. The Bertz CT molecular complexity index is 1370. The predicted molar refractivity (Wildman–Crippen MR) is 139 cm³/mol. The van der Waals surface area contributed by atoms with Crippen LogP contribution in [0.5, 0.6) is 11.6 Å². The number of piperidine rings is 1. The van der Waals surface area contributed by atoms with E-state index < -0.39 is 35.1 Å². The van der Waals surface area contributed by atoms with Crippen LogP contribution < -0.4 is 24.4 Å². The molecule has 2 aliphatic heterocycles. The average Bonchev–Trinajstić information content (AvgIpc) is 3.48. The third-order valence-electron chi connectivity index (χ3n) is 7.55. The summed E-state index contributed by atoms with van der Waals surface area (Å²) in [6, 6.07) is 5.87. The molecular weight excluding hydrogens is 553 g/mol. The van der Waals surface area contributed by atoms with E-state index in [9.17, 15) is 26.4 Å². The fraction of sp³-hybridized carbons (Fsp3) is 0.538. The molecule has 2 fully saturated rings. The number of ether oxygens (including phenoxy) is 2. The molecule has 1 aromatic carbocycles. The summed E-state index contributed by atoms with van der Waals surface area (Å²) in [5, 5.41) is 11.9. The molecule has 1 saturated heterocycles. The van der Waals surface area contributed by atoms with Crippen molar-refractivity contribution in [3.8, 4) is 11.6 Å². The Morgan fingerprint density at radius 1 is 1.18 bits per heavy atom. The van der Waals surface area contributed by atoms with Crippen LogP contribution in [-0.2, 0) is 16.4 Å². The van der Waals surface area contributed by atoms with Gasteiger partial charge in [0.2, 0.25) is 10.0 Å². The third-order valence-corrected chi connectivity index (χ3v) is 9.01. The first-order chi connectivity index (χ1) is 19.0.